The molecule has 2 aromatic carbocycles. The van der Waals surface area contributed by atoms with Crippen molar-refractivity contribution in [3.05, 3.63) is 58.1 Å². The Kier molecular flexibility index (Phi) is 6.25. The van der Waals surface area contributed by atoms with E-state index in [2.05, 4.69) is 4.90 Å². The number of hydrogen-bond acceptors (Lipinski definition) is 4. The summed E-state index contributed by atoms with van der Waals surface area (Å²) in [7, 11) is 0. The largest absolute Gasteiger partial charge is 0.482 e. The third-order valence-corrected chi connectivity index (χ3v) is 4.85. The van der Waals surface area contributed by atoms with Gasteiger partial charge in [-0.2, -0.15) is 0 Å². The summed E-state index contributed by atoms with van der Waals surface area (Å²) in [6, 6.07) is 12.8. The van der Waals surface area contributed by atoms with Crippen LogP contribution in [0.4, 0.5) is 5.69 Å². The maximum atomic E-state index is 12.4. The fourth-order valence-corrected chi connectivity index (χ4v) is 3.19. The molecular weight excluding hydrogens is 373 g/mol. The number of amides is 1. The topological polar surface area (TPSA) is 58.8 Å². The molecule has 0 bridgehead atoms. The van der Waals surface area contributed by atoms with Gasteiger partial charge in [-0.05, 0) is 35.9 Å². The van der Waals surface area contributed by atoms with Crippen molar-refractivity contribution < 1.29 is 9.53 Å². The lowest BCUT2D eigenvalue weighted by Gasteiger charge is -2.34. The SMILES string of the molecule is Nc1cc(Cl)ccc1OCC(=O)N1CCN(Cc2ccc(Cl)cc2)CC1. The summed E-state index contributed by atoms with van der Waals surface area (Å²) >= 11 is 11.8. The number of nitrogens with zero attached hydrogens (tertiary/aromatic N) is 2. The number of hydrogen-bond donors (Lipinski definition) is 1. The van der Waals surface area contributed by atoms with Gasteiger partial charge in [0.1, 0.15) is 5.75 Å². The maximum Gasteiger partial charge on any atom is 0.260 e. The highest BCUT2D eigenvalue weighted by Crippen LogP contribution is 2.25. The Balaban J connectivity index is 1.45. The minimum atomic E-state index is -0.0366. The van der Waals surface area contributed by atoms with Crippen molar-refractivity contribution in [1.82, 2.24) is 9.80 Å². The first-order valence-corrected chi connectivity index (χ1v) is 9.19. The first-order valence-electron chi connectivity index (χ1n) is 8.43. The zero-order valence-corrected chi connectivity index (χ0v) is 15.8. The molecule has 1 fully saturated rings. The van der Waals surface area contributed by atoms with Crippen LogP contribution in [-0.4, -0.2) is 48.5 Å². The molecule has 26 heavy (non-hydrogen) atoms. The van der Waals surface area contributed by atoms with Gasteiger partial charge < -0.3 is 15.4 Å². The van der Waals surface area contributed by atoms with Crippen LogP contribution in [0.1, 0.15) is 5.56 Å². The van der Waals surface area contributed by atoms with Crippen molar-refractivity contribution in [2.45, 2.75) is 6.54 Å². The highest BCUT2D eigenvalue weighted by Gasteiger charge is 2.21. The van der Waals surface area contributed by atoms with Crippen LogP contribution in [0.15, 0.2) is 42.5 Å². The van der Waals surface area contributed by atoms with Crippen LogP contribution in [-0.2, 0) is 11.3 Å². The molecular formula is C19H21Cl2N3O2. The van der Waals surface area contributed by atoms with E-state index < -0.39 is 0 Å². The molecule has 1 amide bonds. The molecule has 5 nitrogen and oxygen atoms in total. The van der Waals surface area contributed by atoms with Crippen molar-refractivity contribution in [2.24, 2.45) is 0 Å². The first-order chi connectivity index (χ1) is 12.5. The van der Waals surface area contributed by atoms with E-state index >= 15 is 0 Å². The zero-order valence-electron chi connectivity index (χ0n) is 14.3. The van der Waals surface area contributed by atoms with Gasteiger partial charge in [0.2, 0.25) is 0 Å². The van der Waals surface area contributed by atoms with E-state index in [4.69, 9.17) is 33.7 Å². The van der Waals surface area contributed by atoms with E-state index in [0.29, 0.717) is 29.5 Å². The molecule has 2 N–H and O–H groups in total. The van der Waals surface area contributed by atoms with E-state index in [0.717, 1.165) is 24.7 Å². The number of nitrogens with two attached hydrogens (primary N) is 1. The van der Waals surface area contributed by atoms with Crippen LogP contribution in [0.3, 0.4) is 0 Å². The number of benzene rings is 2. The van der Waals surface area contributed by atoms with Gasteiger partial charge in [0.05, 0.1) is 5.69 Å². The van der Waals surface area contributed by atoms with Gasteiger partial charge in [0.25, 0.3) is 5.91 Å². The molecule has 0 unspecified atom stereocenters. The normalized spacial score (nSPS) is 15.1. The van der Waals surface area contributed by atoms with Crippen LogP contribution in [0.25, 0.3) is 0 Å². The highest BCUT2D eigenvalue weighted by molar-refractivity contribution is 6.31. The highest BCUT2D eigenvalue weighted by atomic mass is 35.5. The average molecular weight is 394 g/mol. The number of carbonyl (C=O) groups excluding carboxylic acids is 1. The van der Waals surface area contributed by atoms with Gasteiger partial charge in [-0.15, -0.1) is 0 Å². The second-order valence-electron chi connectivity index (χ2n) is 6.25. The molecule has 0 aliphatic carbocycles. The van der Waals surface area contributed by atoms with Crippen molar-refractivity contribution in [3.63, 3.8) is 0 Å². The molecule has 0 radical (unpaired) electrons. The minimum Gasteiger partial charge on any atom is -0.482 e. The lowest BCUT2D eigenvalue weighted by Crippen LogP contribution is -2.49. The third-order valence-electron chi connectivity index (χ3n) is 4.37. The second kappa shape index (κ2) is 8.62. The number of rotatable bonds is 5. The van der Waals surface area contributed by atoms with Crippen LogP contribution >= 0.6 is 23.2 Å². The summed E-state index contributed by atoms with van der Waals surface area (Å²) in [4.78, 5) is 16.5. The number of piperazine rings is 1. The number of nitrogen functional groups attached to an aromatic ring is 1. The van der Waals surface area contributed by atoms with E-state index in [1.165, 1.54) is 5.56 Å². The van der Waals surface area contributed by atoms with E-state index in [9.17, 15) is 4.79 Å². The standard InChI is InChI=1S/C19H21Cl2N3O2/c20-15-3-1-14(2-4-15)12-23-7-9-24(10-8-23)19(25)13-26-18-6-5-16(21)11-17(18)22/h1-6,11H,7-10,12-13,22H2. The zero-order chi connectivity index (χ0) is 18.5. The Morgan fingerprint density at radius 1 is 1.00 bits per heavy atom. The molecule has 3 rings (SSSR count). The summed E-state index contributed by atoms with van der Waals surface area (Å²) in [6.45, 7) is 3.87. The predicted molar refractivity (Wildman–Crippen MR) is 105 cm³/mol. The Morgan fingerprint density at radius 3 is 2.31 bits per heavy atom. The lowest BCUT2D eigenvalue weighted by molar-refractivity contribution is -0.135. The Bertz CT molecular complexity index is 760. The van der Waals surface area contributed by atoms with Crippen molar-refractivity contribution in [3.8, 4) is 5.75 Å². The van der Waals surface area contributed by atoms with Gasteiger partial charge in [0, 0.05) is 42.8 Å². The number of halogens is 2. The maximum absolute atomic E-state index is 12.4. The summed E-state index contributed by atoms with van der Waals surface area (Å²) in [5, 5.41) is 1.28. The minimum absolute atomic E-state index is 0.0248. The Hall–Kier alpha value is -1.95. The molecule has 0 spiro atoms. The summed E-state index contributed by atoms with van der Waals surface area (Å²) in [5.74, 6) is 0.439. The van der Waals surface area contributed by atoms with Gasteiger partial charge in [0.15, 0.2) is 6.61 Å². The monoisotopic (exact) mass is 393 g/mol. The number of carbonyl (C=O) groups is 1. The van der Waals surface area contributed by atoms with Crippen molar-refractivity contribution >= 4 is 34.8 Å². The smallest absolute Gasteiger partial charge is 0.260 e. The van der Waals surface area contributed by atoms with Crippen LogP contribution in [0, 0.1) is 0 Å². The Labute approximate surface area is 163 Å². The van der Waals surface area contributed by atoms with E-state index in [1.54, 1.807) is 18.2 Å². The van der Waals surface area contributed by atoms with Gasteiger partial charge >= 0.3 is 0 Å². The van der Waals surface area contributed by atoms with Gasteiger partial charge in [-0.25, -0.2) is 0 Å². The fourth-order valence-electron chi connectivity index (χ4n) is 2.88. The van der Waals surface area contributed by atoms with Gasteiger partial charge in [-0.3, -0.25) is 9.69 Å². The molecule has 1 aliphatic heterocycles. The Morgan fingerprint density at radius 2 is 1.65 bits per heavy atom. The molecule has 2 aromatic rings. The number of ether oxygens (including phenoxy) is 1. The third kappa shape index (κ3) is 5.04. The quantitative estimate of drug-likeness (QED) is 0.791. The van der Waals surface area contributed by atoms with Crippen LogP contribution in [0.2, 0.25) is 10.0 Å². The second-order valence-corrected chi connectivity index (χ2v) is 7.13. The molecule has 0 saturated carbocycles. The summed E-state index contributed by atoms with van der Waals surface area (Å²) in [6.07, 6.45) is 0. The van der Waals surface area contributed by atoms with Crippen LogP contribution in [0.5, 0.6) is 5.75 Å². The number of anilines is 1. The average Bonchev–Trinajstić information content (AvgIpc) is 2.63. The molecule has 0 atom stereocenters. The molecule has 1 heterocycles. The fraction of sp³-hybridized carbons (Fsp3) is 0.316. The molecule has 1 aliphatic rings. The van der Waals surface area contributed by atoms with E-state index in [1.807, 2.05) is 29.2 Å². The predicted octanol–water partition coefficient (Wildman–Crippen LogP) is 3.30. The first kappa shape index (κ1) is 18.8. The van der Waals surface area contributed by atoms with Crippen molar-refractivity contribution in [2.75, 3.05) is 38.5 Å². The van der Waals surface area contributed by atoms with Crippen LogP contribution < -0.4 is 10.5 Å². The molecule has 138 valence electrons. The molecule has 1 saturated heterocycles. The van der Waals surface area contributed by atoms with Gasteiger partial charge in [-0.1, -0.05) is 35.3 Å². The summed E-state index contributed by atoms with van der Waals surface area (Å²) in [5.41, 5.74) is 7.48. The van der Waals surface area contributed by atoms with Crippen molar-refractivity contribution in [1.29, 1.82) is 0 Å². The van der Waals surface area contributed by atoms with E-state index in [-0.39, 0.29) is 12.5 Å². The lowest BCUT2D eigenvalue weighted by atomic mass is 10.2. The molecule has 7 heteroatoms. The molecule has 0 aromatic heterocycles. The summed E-state index contributed by atoms with van der Waals surface area (Å²) < 4.78 is 5.54.